The summed E-state index contributed by atoms with van der Waals surface area (Å²) in [6, 6.07) is 6.32. The van der Waals surface area contributed by atoms with Gasteiger partial charge in [-0.3, -0.25) is 9.48 Å². The molecule has 2 bridgehead atoms. The third-order valence-corrected chi connectivity index (χ3v) is 8.15. The standard InChI is InChI=1S/C24H26FN5O3/c25-24-8-17(9-24)19(10-24)23(31)29-5-3-14(4-6-29)21-27-22(33-28-21)15-1-2-16-11-26-30(20(16)7-15)18-12-32-13-18/h1-2,7,11,14,17-19H,3-6,8-10,12-13H2/t17?,19-,24?/m0/s1. The summed E-state index contributed by atoms with van der Waals surface area (Å²) in [5, 5.41) is 9.84. The number of ether oxygens (including phenoxy) is 1. The van der Waals surface area contributed by atoms with Crippen molar-refractivity contribution < 1.29 is 18.4 Å². The zero-order valence-electron chi connectivity index (χ0n) is 18.3. The van der Waals surface area contributed by atoms with Gasteiger partial charge in [0.1, 0.15) is 5.67 Å². The van der Waals surface area contributed by atoms with Crippen molar-refractivity contribution >= 4 is 16.8 Å². The summed E-state index contributed by atoms with van der Waals surface area (Å²) in [5.74, 6) is 1.65. The number of hydrogen-bond acceptors (Lipinski definition) is 6. The van der Waals surface area contributed by atoms with E-state index in [4.69, 9.17) is 14.2 Å². The van der Waals surface area contributed by atoms with Crippen LogP contribution in [0.1, 0.15) is 49.9 Å². The molecule has 1 aromatic carbocycles. The van der Waals surface area contributed by atoms with E-state index in [9.17, 15) is 9.18 Å². The third-order valence-electron chi connectivity index (χ3n) is 8.15. The zero-order chi connectivity index (χ0) is 22.2. The third kappa shape index (κ3) is 3.12. The summed E-state index contributed by atoms with van der Waals surface area (Å²) in [5.41, 5.74) is 0.847. The summed E-state index contributed by atoms with van der Waals surface area (Å²) >= 11 is 0. The van der Waals surface area contributed by atoms with Crippen LogP contribution in [0.5, 0.6) is 0 Å². The lowest BCUT2D eigenvalue weighted by atomic mass is 9.80. The number of nitrogens with zero attached hydrogens (tertiary/aromatic N) is 5. The van der Waals surface area contributed by atoms with Crippen LogP contribution in [-0.4, -0.2) is 62.7 Å². The minimum atomic E-state index is -1.06. The number of carbonyl (C=O) groups excluding carboxylic acids is 1. The predicted molar refractivity (Wildman–Crippen MR) is 116 cm³/mol. The van der Waals surface area contributed by atoms with Gasteiger partial charge in [0.15, 0.2) is 5.82 Å². The van der Waals surface area contributed by atoms with Gasteiger partial charge in [0.25, 0.3) is 5.89 Å². The Balaban J connectivity index is 1.04. The van der Waals surface area contributed by atoms with E-state index in [0.29, 0.717) is 57.3 Å². The summed E-state index contributed by atoms with van der Waals surface area (Å²) < 4.78 is 27.2. The maximum atomic E-state index is 14.2. The first-order chi connectivity index (χ1) is 16.1. The topological polar surface area (TPSA) is 86.3 Å². The van der Waals surface area contributed by atoms with Gasteiger partial charge in [-0.25, -0.2) is 4.39 Å². The summed E-state index contributed by atoms with van der Waals surface area (Å²) in [7, 11) is 0. The van der Waals surface area contributed by atoms with E-state index >= 15 is 0 Å². The highest BCUT2D eigenvalue weighted by atomic mass is 19.1. The van der Waals surface area contributed by atoms with Gasteiger partial charge in [-0.15, -0.1) is 0 Å². The number of benzene rings is 1. The molecular formula is C24H26FN5O3. The van der Waals surface area contributed by atoms with Crippen molar-refractivity contribution in [2.75, 3.05) is 26.3 Å². The van der Waals surface area contributed by atoms with Crippen LogP contribution in [0.3, 0.4) is 0 Å². The van der Waals surface area contributed by atoms with E-state index in [1.807, 2.05) is 34.0 Å². The number of piperidine rings is 1. The van der Waals surface area contributed by atoms with Crippen LogP contribution >= 0.6 is 0 Å². The van der Waals surface area contributed by atoms with Crippen molar-refractivity contribution in [2.45, 2.75) is 49.7 Å². The van der Waals surface area contributed by atoms with Gasteiger partial charge in [0.05, 0.1) is 31.0 Å². The maximum absolute atomic E-state index is 14.2. The monoisotopic (exact) mass is 451 g/mol. The Morgan fingerprint density at radius 3 is 2.67 bits per heavy atom. The van der Waals surface area contributed by atoms with Gasteiger partial charge in [0, 0.05) is 35.9 Å². The Morgan fingerprint density at radius 1 is 1.15 bits per heavy atom. The number of amides is 1. The number of halogens is 1. The number of carbonyl (C=O) groups is 1. The van der Waals surface area contributed by atoms with Crippen molar-refractivity contribution in [3.05, 3.63) is 30.2 Å². The van der Waals surface area contributed by atoms with Gasteiger partial charge in [0.2, 0.25) is 5.91 Å². The normalized spacial score (nSPS) is 29.9. The Kier molecular flexibility index (Phi) is 4.22. The SMILES string of the molecule is O=C([C@H]1CC2(F)CC1C2)N1CCC(c2noc(-c3ccc4cnn(C5COC5)c4c3)n2)CC1. The molecule has 33 heavy (non-hydrogen) atoms. The molecule has 1 atom stereocenters. The van der Waals surface area contributed by atoms with Gasteiger partial charge < -0.3 is 14.2 Å². The second-order valence-electron chi connectivity index (χ2n) is 10.2. The van der Waals surface area contributed by atoms with Crippen LogP contribution in [0.2, 0.25) is 0 Å². The first kappa shape index (κ1) is 19.6. The predicted octanol–water partition coefficient (Wildman–Crippen LogP) is 3.50. The van der Waals surface area contributed by atoms with Crippen LogP contribution in [0, 0.1) is 11.8 Å². The molecular weight excluding hydrogens is 425 g/mol. The van der Waals surface area contributed by atoms with Crippen molar-refractivity contribution in [3.8, 4) is 11.5 Å². The largest absolute Gasteiger partial charge is 0.377 e. The van der Waals surface area contributed by atoms with Gasteiger partial charge in [-0.1, -0.05) is 11.2 Å². The fourth-order valence-electron chi connectivity index (χ4n) is 6.12. The fourth-order valence-corrected chi connectivity index (χ4v) is 6.12. The Labute approximate surface area is 190 Å². The fraction of sp³-hybridized carbons (Fsp3) is 0.583. The molecule has 0 unspecified atom stereocenters. The van der Waals surface area contributed by atoms with E-state index in [1.54, 1.807) is 0 Å². The zero-order valence-corrected chi connectivity index (χ0v) is 18.3. The minimum absolute atomic E-state index is 0.113. The molecule has 3 aromatic rings. The molecule has 4 heterocycles. The van der Waals surface area contributed by atoms with E-state index < -0.39 is 5.67 Å². The highest BCUT2D eigenvalue weighted by molar-refractivity contribution is 5.83. The quantitative estimate of drug-likeness (QED) is 0.604. The van der Waals surface area contributed by atoms with Crippen molar-refractivity contribution in [2.24, 2.45) is 11.8 Å². The average Bonchev–Trinajstić information content (AvgIpc) is 3.54. The van der Waals surface area contributed by atoms with Crippen molar-refractivity contribution in [3.63, 3.8) is 0 Å². The molecule has 2 aromatic heterocycles. The lowest BCUT2D eigenvalue weighted by Gasteiger charge is -2.34. The van der Waals surface area contributed by atoms with Gasteiger partial charge in [-0.05, 0) is 50.2 Å². The molecule has 3 saturated carbocycles. The maximum Gasteiger partial charge on any atom is 0.258 e. The second kappa shape index (κ2) is 7.09. The first-order valence-corrected chi connectivity index (χ1v) is 11.9. The van der Waals surface area contributed by atoms with Gasteiger partial charge >= 0.3 is 0 Å². The molecule has 8 nitrogen and oxygen atoms in total. The number of alkyl halides is 1. The molecule has 0 N–H and O–H groups in total. The number of aromatic nitrogens is 4. The smallest absolute Gasteiger partial charge is 0.258 e. The summed E-state index contributed by atoms with van der Waals surface area (Å²) in [6.45, 7) is 2.71. The molecule has 0 spiro atoms. The first-order valence-electron chi connectivity index (χ1n) is 11.9. The molecule has 2 saturated heterocycles. The average molecular weight is 452 g/mol. The molecule has 172 valence electrons. The van der Waals surface area contributed by atoms with E-state index in [0.717, 1.165) is 29.3 Å². The van der Waals surface area contributed by atoms with Crippen LogP contribution in [-0.2, 0) is 9.53 Å². The minimum Gasteiger partial charge on any atom is -0.377 e. The van der Waals surface area contributed by atoms with Crippen LogP contribution in [0.4, 0.5) is 4.39 Å². The molecule has 0 radical (unpaired) electrons. The number of hydrogen-bond donors (Lipinski definition) is 0. The lowest BCUT2D eigenvalue weighted by molar-refractivity contribution is -0.137. The van der Waals surface area contributed by atoms with E-state index in [2.05, 4.69) is 10.3 Å². The lowest BCUT2D eigenvalue weighted by Crippen LogP contribution is -2.42. The Hall–Kier alpha value is -2.81. The van der Waals surface area contributed by atoms with Crippen LogP contribution in [0.15, 0.2) is 28.9 Å². The Morgan fingerprint density at radius 2 is 1.97 bits per heavy atom. The molecule has 8 rings (SSSR count). The van der Waals surface area contributed by atoms with Crippen molar-refractivity contribution in [1.29, 1.82) is 0 Å². The van der Waals surface area contributed by atoms with Gasteiger partial charge in [-0.2, -0.15) is 10.1 Å². The highest BCUT2D eigenvalue weighted by Crippen LogP contribution is 2.58. The number of rotatable bonds is 4. The molecule has 9 heteroatoms. The van der Waals surface area contributed by atoms with Crippen LogP contribution in [0.25, 0.3) is 22.4 Å². The molecule has 1 amide bonds. The van der Waals surface area contributed by atoms with E-state index in [-0.39, 0.29) is 29.7 Å². The highest BCUT2D eigenvalue weighted by Gasteiger charge is 2.59. The van der Waals surface area contributed by atoms with Crippen molar-refractivity contribution in [1.82, 2.24) is 24.8 Å². The molecule has 3 aliphatic carbocycles. The molecule has 2 aliphatic heterocycles. The second-order valence-corrected chi connectivity index (χ2v) is 10.2. The van der Waals surface area contributed by atoms with Crippen LogP contribution < -0.4 is 0 Å². The van der Waals surface area contributed by atoms with E-state index in [1.165, 1.54) is 0 Å². The summed E-state index contributed by atoms with van der Waals surface area (Å²) in [4.78, 5) is 19.5. The molecule has 5 aliphatic rings. The Bertz CT molecular complexity index is 1220. The number of likely N-dealkylation sites (tertiary alicyclic amines) is 1. The number of fused-ring (bicyclic) bond motifs is 2. The summed E-state index contributed by atoms with van der Waals surface area (Å²) in [6.07, 6.45) is 5.04. The molecule has 5 fully saturated rings.